The summed E-state index contributed by atoms with van der Waals surface area (Å²) >= 11 is 5.58. The summed E-state index contributed by atoms with van der Waals surface area (Å²) in [6.45, 7) is 4.88. The van der Waals surface area contributed by atoms with Crippen molar-refractivity contribution in [1.29, 1.82) is 0 Å². The summed E-state index contributed by atoms with van der Waals surface area (Å²) in [5.41, 5.74) is 0. The van der Waals surface area contributed by atoms with Crippen molar-refractivity contribution in [3.05, 3.63) is 0 Å². The fourth-order valence-corrected chi connectivity index (χ4v) is 1.52. The standard InChI is InChI=1S/C13H25ClO3/c1-12(2)11-17-13(15)16-10-8-6-4-3-5-7-9-14/h12H,3-11H2,1-2H3. The van der Waals surface area contributed by atoms with E-state index in [0.29, 0.717) is 19.1 Å². The van der Waals surface area contributed by atoms with Gasteiger partial charge in [-0.15, -0.1) is 11.6 Å². The monoisotopic (exact) mass is 264 g/mol. The third-order valence-electron chi connectivity index (χ3n) is 2.28. The van der Waals surface area contributed by atoms with Crippen LogP contribution in [0, 0.1) is 5.92 Å². The molecule has 3 nitrogen and oxygen atoms in total. The first-order valence-electron chi connectivity index (χ1n) is 6.52. The van der Waals surface area contributed by atoms with Crippen molar-refractivity contribution in [2.24, 2.45) is 5.92 Å². The third-order valence-corrected chi connectivity index (χ3v) is 2.55. The van der Waals surface area contributed by atoms with Crippen LogP contribution < -0.4 is 0 Å². The maximum atomic E-state index is 11.1. The lowest BCUT2D eigenvalue weighted by atomic mass is 10.1. The lowest BCUT2D eigenvalue weighted by Crippen LogP contribution is -2.12. The number of alkyl halides is 1. The number of halogens is 1. The van der Waals surface area contributed by atoms with Gasteiger partial charge < -0.3 is 9.47 Å². The predicted molar refractivity (Wildman–Crippen MR) is 70.6 cm³/mol. The van der Waals surface area contributed by atoms with Crippen molar-refractivity contribution >= 4 is 17.8 Å². The van der Waals surface area contributed by atoms with Crippen LogP contribution in [0.5, 0.6) is 0 Å². The van der Waals surface area contributed by atoms with Crippen molar-refractivity contribution in [3.8, 4) is 0 Å². The number of rotatable bonds is 10. The van der Waals surface area contributed by atoms with Crippen molar-refractivity contribution in [1.82, 2.24) is 0 Å². The Kier molecular flexibility index (Phi) is 11.7. The smallest absolute Gasteiger partial charge is 0.434 e. The molecule has 0 saturated carbocycles. The summed E-state index contributed by atoms with van der Waals surface area (Å²) in [4.78, 5) is 11.1. The predicted octanol–water partition coefficient (Wildman–Crippen LogP) is 4.38. The van der Waals surface area contributed by atoms with Crippen LogP contribution in [0.4, 0.5) is 4.79 Å². The number of carbonyl (C=O) groups excluding carboxylic acids is 1. The van der Waals surface area contributed by atoms with Gasteiger partial charge in [0.05, 0.1) is 13.2 Å². The zero-order chi connectivity index (χ0) is 12.9. The van der Waals surface area contributed by atoms with Gasteiger partial charge in [0, 0.05) is 5.88 Å². The van der Waals surface area contributed by atoms with E-state index in [4.69, 9.17) is 21.1 Å². The Balaban J connectivity index is 3.14. The van der Waals surface area contributed by atoms with Gasteiger partial charge in [0.2, 0.25) is 0 Å². The van der Waals surface area contributed by atoms with E-state index in [2.05, 4.69) is 0 Å². The first-order valence-corrected chi connectivity index (χ1v) is 7.05. The van der Waals surface area contributed by atoms with Crippen LogP contribution in [-0.2, 0) is 9.47 Å². The summed E-state index contributed by atoms with van der Waals surface area (Å²) < 4.78 is 9.83. The molecule has 0 radical (unpaired) electrons. The molecular formula is C13H25ClO3. The Morgan fingerprint density at radius 2 is 1.59 bits per heavy atom. The summed E-state index contributed by atoms with van der Waals surface area (Å²) in [5, 5.41) is 0. The SMILES string of the molecule is CC(C)COC(=O)OCCCCCCCCCl. The van der Waals surface area contributed by atoms with Crippen LogP contribution in [-0.4, -0.2) is 25.2 Å². The molecular weight excluding hydrogens is 240 g/mol. The van der Waals surface area contributed by atoms with Gasteiger partial charge in [0.15, 0.2) is 0 Å². The topological polar surface area (TPSA) is 35.5 Å². The number of ether oxygens (including phenoxy) is 2. The Bertz CT molecular complexity index is 184. The number of carbonyl (C=O) groups is 1. The second kappa shape index (κ2) is 12.0. The maximum Gasteiger partial charge on any atom is 0.508 e. The van der Waals surface area contributed by atoms with E-state index >= 15 is 0 Å². The highest BCUT2D eigenvalue weighted by atomic mass is 35.5. The molecule has 0 atom stereocenters. The molecule has 0 saturated heterocycles. The minimum absolute atomic E-state index is 0.351. The molecule has 0 aromatic carbocycles. The minimum atomic E-state index is -0.541. The largest absolute Gasteiger partial charge is 0.508 e. The highest BCUT2D eigenvalue weighted by Gasteiger charge is 2.04. The molecule has 0 heterocycles. The van der Waals surface area contributed by atoms with E-state index in [1.54, 1.807) is 0 Å². The van der Waals surface area contributed by atoms with Crippen molar-refractivity contribution in [2.45, 2.75) is 52.4 Å². The molecule has 0 fully saturated rings. The van der Waals surface area contributed by atoms with Gasteiger partial charge in [-0.2, -0.15) is 0 Å². The lowest BCUT2D eigenvalue weighted by molar-refractivity contribution is 0.0465. The second-order valence-electron chi connectivity index (χ2n) is 4.61. The summed E-state index contributed by atoms with van der Waals surface area (Å²) in [6.07, 6.45) is 6.16. The van der Waals surface area contributed by atoms with E-state index < -0.39 is 6.16 Å². The molecule has 0 aromatic heterocycles. The summed E-state index contributed by atoms with van der Waals surface area (Å²) in [5.74, 6) is 1.11. The van der Waals surface area contributed by atoms with E-state index in [1.165, 1.54) is 19.3 Å². The quantitative estimate of drug-likeness (QED) is 0.334. The normalized spacial score (nSPS) is 10.6. The number of hydrogen-bond donors (Lipinski definition) is 0. The van der Waals surface area contributed by atoms with E-state index in [9.17, 15) is 4.79 Å². The summed E-state index contributed by atoms with van der Waals surface area (Å²) in [7, 11) is 0. The molecule has 0 aliphatic rings. The molecule has 0 aliphatic heterocycles. The molecule has 0 rings (SSSR count). The average Bonchev–Trinajstić information content (AvgIpc) is 2.30. The van der Waals surface area contributed by atoms with Crippen LogP contribution in [0.25, 0.3) is 0 Å². The van der Waals surface area contributed by atoms with Gasteiger partial charge in [-0.3, -0.25) is 0 Å². The third kappa shape index (κ3) is 13.5. The Morgan fingerprint density at radius 1 is 1.00 bits per heavy atom. The average molecular weight is 265 g/mol. The highest BCUT2D eigenvalue weighted by Crippen LogP contribution is 2.06. The zero-order valence-electron chi connectivity index (χ0n) is 11.0. The maximum absolute atomic E-state index is 11.1. The van der Waals surface area contributed by atoms with Gasteiger partial charge in [-0.1, -0.05) is 39.5 Å². The van der Waals surface area contributed by atoms with Crippen molar-refractivity contribution in [3.63, 3.8) is 0 Å². The van der Waals surface area contributed by atoms with Crippen molar-refractivity contribution in [2.75, 3.05) is 19.1 Å². The fraction of sp³-hybridized carbons (Fsp3) is 0.923. The van der Waals surface area contributed by atoms with E-state index in [-0.39, 0.29) is 0 Å². The molecule has 0 spiro atoms. The van der Waals surface area contributed by atoms with Crippen LogP contribution in [0.15, 0.2) is 0 Å². The van der Waals surface area contributed by atoms with Crippen LogP contribution >= 0.6 is 11.6 Å². The number of hydrogen-bond acceptors (Lipinski definition) is 3. The molecule has 4 heteroatoms. The summed E-state index contributed by atoms with van der Waals surface area (Å²) in [6, 6.07) is 0. The lowest BCUT2D eigenvalue weighted by Gasteiger charge is -2.07. The van der Waals surface area contributed by atoms with Gasteiger partial charge in [0.1, 0.15) is 0 Å². The molecule has 0 bridgehead atoms. The molecule has 0 unspecified atom stereocenters. The molecule has 0 aromatic rings. The fourth-order valence-electron chi connectivity index (χ4n) is 1.34. The van der Waals surface area contributed by atoms with Gasteiger partial charge in [-0.05, 0) is 18.8 Å². The molecule has 17 heavy (non-hydrogen) atoms. The van der Waals surface area contributed by atoms with Gasteiger partial charge in [0.25, 0.3) is 0 Å². The van der Waals surface area contributed by atoms with Crippen LogP contribution in [0.1, 0.15) is 52.4 Å². The Hall–Kier alpha value is -0.440. The molecule has 0 amide bonds. The van der Waals surface area contributed by atoms with Crippen LogP contribution in [0.2, 0.25) is 0 Å². The highest BCUT2D eigenvalue weighted by molar-refractivity contribution is 6.17. The van der Waals surface area contributed by atoms with Crippen LogP contribution in [0.3, 0.4) is 0 Å². The molecule has 0 aliphatic carbocycles. The van der Waals surface area contributed by atoms with Crippen molar-refractivity contribution < 1.29 is 14.3 Å². The Labute approximate surface area is 110 Å². The van der Waals surface area contributed by atoms with Gasteiger partial charge in [-0.25, -0.2) is 4.79 Å². The first kappa shape index (κ1) is 16.6. The minimum Gasteiger partial charge on any atom is -0.434 e. The Morgan fingerprint density at radius 3 is 2.18 bits per heavy atom. The second-order valence-corrected chi connectivity index (χ2v) is 4.99. The van der Waals surface area contributed by atoms with Gasteiger partial charge >= 0.3 is 6.16 Å². The molecule has 102 valence electrons. The van der Waals surface area contributed by atoms with E-state index in [1.807, 2.05) is 13.8 Å². The van der Waals surface area contributed by atoms with E-state index in [0.717, 1.165) is 25.1 Å². The zero-order valence-corrected chi connectivity index (χ0v) is 11.8. The first-order chi connectivity index (χ1) is 8.16. The molecule has 0 N–H and O–H groups in total. The number of unbranched alkanes of at least 4 members (excludes halogenated alkanes) is 5.